The highest BCUT2D eigenvalue weighted by Gasteiger charge is 2.25. The summed E-state index contributed by atoms with van der Waals surface area (Å²) in [6.45, 7) is 3.64. The molecule has 0 saturated heterocycles. The Morgan fingerprint density at radius 1 is 1.00 bits per heavy atom. The standard InChI is InChI=1S/C26H21F2N5OS/c1-15-8-3-6-13-22(15)33-24(18-14-29-21-12-5-4-9-17(18)21)31-32-26(33)35-16(2)25(34)30-23-19(27)10-7-11-20(23)28/h3-14,16,29H,1-2H3,(H,30,34). The molecule has 3 aromatic carbocycles. The number of carbonyl (C=O) groups excluding carboxylic acids is 1. The Balaban J connectivity index is 1.53. The molecule has 0 aliphatic carbocycles. The molecule has 0 fully saturated rings. The second-order valence-electron chi connectivity index (χ2n) is 8.02. The number of fused-ring (bicyclic) bond motifs is 1. The molecule has 0 radical (unpaired) electrons. The number of amides is 1. The van der Waals surface area contributed by atoms with Gasteiger partial charge in [0.2, 0.25) is 5.91 Å². The van der Waals surface area contributed by atoms with Crippen LogP contribution in [0.25, 0.3) is 28.0 Å². The first kappa shape index (κ1) is 22.8. The summed E-state index contributed by atoms with van der Waals surface area (Å²) in [4.78, 5) is 16.1. The van der Waals surface area contributed by atoms with Gasteiger partial charge in [0.15, 0.2) is 11.0 Å². The fourth-order valence-electron chi connectivity index (χ4n) is 3.86. The third kappa shape index (κ3) is 4.30. The molecule has 2 aromatic heterocycles. The molecule has 5 rings (SSSR count). The van der Waals surface area contributed by atoms with Crippen LogP contribution in [0, 0.1) is 18.6 Å². The van der Waals surface area contributed by atoms with E-state index in [-0.39, 0.29) is 0 Å². The Hall–Kier alpha value is -3.98. The van der Waals surface area contributed by atoms with Crippen LogP contribution >= 0.6 is 11.8 Å². The van der Waals surface area contributed by atoms with Crippen LogP contribution in [0.15, 0.2) is 78.1 Å². The van der Waals surface area contributed by atoms with Crippen molar-refractivity contribution >= 4 is 34.3 Å². The first-order valence-corrected chi connectivity index (χ1v) is 11.8. The third-order valence-corrected chi connectivity index (χ3v) is 6.72. The van der Waals surface area contributed by atoms with E-state index in [0.29, 0.717) is 11.0 Å². The number of nitrogens with zero attached hydrogens (tertiary/aromatic N) is 3. The molecule has 0 saturated carbocycles. The lowest BCUT2D eigenvalue weighted by molar-refractivity contribution is -0.115. The molecule has 5 aromatic rings. The maximum atomic E-state index is 14.0. The molecule has 1 unspecified atom stereocenters. The molecule has 1 atom stereocenters. The van der Waals surface area contributed by atoms with Gasteiger partial charge in [0, 0.05) is 22.7 Å². The van der Waals surface area contributed by atoms with Gasteiger partial charge in [-0.2, -0.15) is 0 Å². The summed E-state index contributed by atoms with van der Waals surface area (Å²) in [5.74, 6) is -1.60. The van der Waals surface area contributed by atoms with Crippen LogP contribution in [-0.2, 0) is 4.79 Å². The van der Waals surface area contributed by atoms with Crippen molar-refractivity contribution in [2.24, 2.45) is 0 Å². The van der Waals surface area contributed by atoms with Crippen LogP contribution in [0.2, 0.25) is 0 Å². The highest BCUT2D eigenvalue weighted by molar-refractivity contribution is 8.00. The number of thioether (sulfide) groups is 1. The van der Waals surface area contributed by atoms with Gasteiger partial charge in [-0.05, 0) is 43.7 Å². The van der Waals surface area contributed by atoms with E-state index in [1.165, 1.54) is 6.07 Å². The second kappa shape index (κ2) is 9.34. The summed E-state index contributed by atoms with van der Waals surface area (Å²) < 4.78 is 30.0. The Kier molecular flexibility index (Phi) is 6.08. The Morgan fingerprint density at radius 3 is 2.49 bits per heavy atom. The van der Waals surface area contributed by atoms with Gasteiger partial charge in [-0.15, -0.1) is 10.2 Å². The number of anilines is 1. The molecule has 0 spiro atoms. The van der Waals surface area contributed by atoms with Crippen molar-refractivity contribution in [3.63, 3.8) is 0 Å². The highest BCUT2D eigenvalue weighted by Crippen LogP contribution is 2.34. The number of rotatable bonds is 6. The van der Waals surface area contributed by atoms with E-state index in [1.54, 1.807) is 6.92 Å². The van der Waals surface area contributed by atoms with Gasteiger partial charge in [0.05, 0.1) is 10.9 Å². The van der Waals surface area contributed by atoms with Crippen LogP contribution in [0.5, 0.6) is 0 Å². The zero-order valence-electron chi connectivity index (χ0n) is 18.9. The van der Waals surface area contributed by atoms with Gasteiger partial charge in [-0.25, -0.2) is 8.78 Å². The van der Waals surface area contributed by atoms with Gasteiger partial charge < -0.3 is 10.3 Å². The van der Waals surface area contributed by atoms with Gasteiger partial charge >= 0.3 is 0 Å². The van der Waals surface area contributed by atoms with Crippen LogP contribution in [0.3, 0.4) is 0 Å². The molecule has 2 N–H and O–H groups in total. The maximum Gasteiger partial charge on any atom is 0.237 e. The molecule has 2 heterocycles. The number of aromatic amines is 1. The number of halogens is 2. The van der Waals surface area contributed by atoms with Gasteiger partial charge in [-0.3, -0.25) is 9.36 Å². The zero-order chi connectivity index (χ0) is 24.5. The first-order chi connectivity index (χ1) is 16.9. The monoisotopic (exact) mass is 489 g/mol. The predicted molar refractivity (Wildman–Crippen MR) is 134 cm³/mol. The Morgan fingerprint density at radius 2 is 1.71 bits per heavy atom. The van der Waals surface area contributed by atoms with Crippen LogP contribution in [0.1, 0.15) is 12.5 Å². The molecule has 0 aliphatic heterocycles. The number of nitrogens with one attached hydrogen (secondary N) is 2. The first-order valence-electron chi connectivity index (χ1n) is 10.9. The average Bonchev–Trinajstić information content (AvgIpc) is 3.45. The van der Waals surface area contributed by atoms with Crippen molar-refractivity contribution in [1.29, 1.82) is 0 Å². The van der Waals surface area contributed by atoms with Gasteiger partial charge in [0.1, 0.15) is 17.3 Å². The number of aryl methyl sites for hydroxylation is 1. The quantitative estimate of drug-likeness (QED) is 0.282. The fourth-order valence-corrected chi connectivity index (χ4v) is 4.72. The van der Waals surface area contributed by atoms with E-state index < -0.39 is 28.5 Å². The topological polar surface area (TPSA) is 75.6 Å². The average molecular weight is 490 g/mol. The lowest BCUT2D eigenvalue weighted by Crippen LogP contribution is -2.24. The summed E-state index contributed by atoms with van der Waals surface area (Å²) in [6.07, 6.45) is 1.88. The molecule has 9 heteroatoms. The fraction of sp³-hybridized carbons (Fsp3) is 0.115. The largest absolute Gasteiger partial charge is 0.360 e. The zero-order valence-corrected chi connectivity index (χ0v) is 19.7. The summed E-state index contributed by atoms with van der Waals surface area (Å²) >= 11 is 1.16. The lowest BCUT2D eigenvalue weighted by Gasteiger charge is -2.15. The smallest absolute Gasteiger partial charge is 0.237 e. The molecule has 0 bridgehead atoms. The number of hydrogen-bond acceptors (Lipinski definition) is 4. The summed E-state index contributed by atoms with van der Waals surface area (Å²) in [7, 11) is 0. The molecular weight excluding hydrogens is 468 g/mol. The van der Waals surface area contributed by atoms with E-state index in [2.05, 4.69) is 20.5 Å². The minimum absolute atomic E-state index is 0.468. The van der Waals surface area contributed by atoms with E-state index in [1.807, 2.05) is 66.2 Å². The normalized spacial score (nSPS) is 12.1. The van der Waals surface area contributed by atoms with Crippen molar-refractivity contribution in [2.45, 2.75) is 24.3 Å². The summed E-state index contributed by atoms with van der Waals surface area (Å²) in [5, 5.41) is 12.0. The van der Waals surface area contributed by atoms with E-state index in [4.69, 9.17) is 0 Å². The molecule has 176 valence electrons. The Bertz CT molecular complexity index is 1520. The van der Waals surface area contributed by atoms with Crippen molar-refractivity contribution in [1.82, 2.24) is 19.7 Å². The summed E-state index contributed by atoms with van der Waals surface area (Å²) in [5.41, 5.74) is 3.24. The van der Waals surface area contributed by atoms with Crippen molar-refractivity contribution in [2.75, 3.05) is 5.32 Å². The van der Waals surface area contributed by atoms with Crippen molar-refractivity contribution in [3.8, 4) is 17.1 Å². The van der Waals surface area contributed by atoms with E-state index in [0.717, 1.165) is 51.6 Å². The number of hydrogen-bond donors (Lipinski definition) is 2. The number of aromatic nitrogens is 4. The third-order valence-electron chi connectivity index (χ3n) is 5.68. The van der Waals surface area contributed by atoms with E-state index >= 15 is 0 Å². The highest BCUT2D eigenvalue weighted by atomic mass is 32.2. The maximum absolute atomic E-state index is 14.0. The predicted octanol–water partition coefficient (Wildman–Crippen LogP) is 6.12. The molecule has 0 aliphatic rings. The second-order valence-corrected chi connectivity index (χ2v) is 9.33. The SMILES string of the molecule is Cc1ccccc1-n1c(SC(C)C(=O)Nc2c(F)cccc2F)nnc1-c1c[nH]c2ccccc12. The summed E-state index contributed by atoms with van der Waals surface area (Å²) in [6, 6.07) is 19.1. The van der Waals surface area contributed by atoms with Crippen molar-refractivity contribution < 1.29 is 13.6 Å². The van der Waals surface area contributed by atoms with Gasteiger partial charge in [0.25, 0.3) is 0 Å². The van der Waals surface area contributed by atoms with Crippen molar-refractivity contribution in [3.05, 3.63) is 90.1 Å². The Labute approximate surface area is 204 Å². The molecule has 1 amide bonds. The number of benzene rings is 3. The van der Waals surface area contributed by atoms with Crippen LogP contribution in [-0.4, -0.2) is 30.9 Å². The van der Waals surface area contributed by atoms with Gasteiger partial charge in [-0.1, -0.05) is 54.2 Å². The minimum Gasteiger partial charge on any atom is -0.360 e. The lowest BCUT2D eigenvalue weighted by atomic mass is 10.1. The molecular formula is C26H21F2N5OS. The number of carbonyl (C=O) groups is 1. The molecule has 35 heavy (non-hydrogen) atoms. The van der Waals surface area contributed by atoms with E-state index in [9.17, 15) is 13.6 Å². The van der Waals surface area contributed by atoms with Crippen LogP contribution in [0.4, 0.5) is 14.5 Å². The van der Waals surface area contributed by atoms with Crippen LogP contribution < -0.4 is 5.32 Å². The minimum atomic E-state index is -0.833. The molecule has 6 nitrogen and oxygen atoms in total. The number of H-pyrrole nitrogens is 1. The number of para-hydroxylation sites is 3.